The van der Waals surface area contributed by atoms with E-state index in [-0.39, 0.29) is 12.1 Å². The van der Waals surface area contributed by atoms with Crippen LogP contribution in [0.3, 0.4) is 0 Å². The number of nitrogens with zero attached hydrogens (tertiary/aromatic N) is 1. The number of hydrogen-bond donors (Lipinski definition) is 2. The Hall–Kier alpha value is -0.120. The molecule has 1 aliphatic rings. The van der Waals surface area contributed by atoms with E-state index in [4.69, 9.17) is 10.8 Å². The molecule has 0 spiro atoms. The first-order chi connectivity index (χ1) is 5.63. The second-order valence-corrected chi connectivity index (χ2v) is 3.90. The Morgan fingerprint density at radius 1 is 1.58 bits per heavy atom. The second-order valence-electron chi connectivity index (χ2n) is 3.90. The van der Waals surface area contributed by atoms with Crippen molar-refractivity contribution in [2.75, 3.05) is 19.6 Å². The maximum Gasteiger partial charge on any atom is 0.0675 e. The quantitative estimate of drug-likeness (QED) is 0.629. The summed E-state index contributed by atoms with van der Waals surface area (Å²) in [5.41, 5.74) is 5.72. The van der Waals surface area contributed by atoms with Crippen molar-refractivity contribution >= 4 is 0 Å². The molecule has 0 aromatic carbocycles. The van der Waals surface area contributed by atoms with Gasteiger partial charge in [0.2, 0.25) is 0 Å². The lowest BCUT2D eigenvalue weighted by Gasteiger charge is -2.40. The summed E-state index contributed by atoms with van der Waals surface area (Å²) in [6, 6.07) is -0.0807. The van der Waals surface area contributed by atoms with Crippen molar-refractivity contribution in [1.29, 1.82) is 0 Å². The Balaban J connectivity index is 2.10. The van der Waals surface area contributed by atoms with Gasteiger partial charge in [0.05, 0.1) is 6.10 Å². The van der Waals surface area contributed by atoms with Gasteiger partial charge in [-0.25, -0.2) is 0 Å². The molecular formula is C9H20N2O. The van der Waals surface area contributed by atoms with E-state index in [0.717, 1.165) is 25.6 Å². The fourth-order valence-corrected chi connectivity index (χ4v) is 1.53. The molecule has 3 N–H and O–H groups in total. The summed E-state index contributed by atoms with van der Waals surface area (Å²) in [4.78, 5) is 2.31. The molecule has 2 unspecified atom stereocenters. The van der Waals surface area contributed by atoms with Crippen LogP contribution in [-0.2, 0) is 0 Å². The zero-order valence-electron chi connectivity index (χ0n) is 8.03. The van der Waals surface area contributed by atoms with Gasteiger partial charge in [-0.3, -0.25) is 0 Å². The highest BCUT2D eigenvalue weighted by atomic mass is 16.3. The largest absolute Gasteiger partial charge is 0.392 e. The van der Waals surface area contributed by atoms with Gasteiger partial charge < -0.3 is 15.7 Å². The Kier molecular flexibility index (Phi) is 3.50. The minimum absolute atomic E-state index is 0.0807. The van der Waals surface area contributed by atoms with E-state index in [1.807, 2.05) is 0 Å². The van der Waals surface area contributed by atoms with Gasteiger partial charge in [-0.1, -0.05) is 13.3 Å². The fourth-order valence-electron chi connectivity index (χ4n) is 1.53. The van der Waals surface area contributed by atoms with Gasteiger partial charge in [-0.2, -0.15) is 0 Å². The third-order valence-corrected chi connectivity index (χ3v) is 2.70. The molecule has 3 nitrogen and oxygen atoms in total. The minimum Gasteiger partial charge on any atom is -0.392 e. The van der Waals surface area contributed by atoms with Crippen LogP contribution in [0.4, 0.5) is 0 Å². The Morgan fingerprint density at radius 3 is 2.58 bits per heavy atom. The number of aliphatic hydroxyl groups is 1. The third kappa shape index (κ3) is 2.44. The predicted octanol–water partition coefficient (Wildman–Crippen LogP) is 0.0363. The van der Waals surface area contributed by atoms with E-state index >= 15 is 0 Å². The van der Waals surface area contributed by atoms with Gasteiger partial charge >= 0.3 is 0 Å². The summed E-state index contributed by atoms with van der Waals surface area (Å²) in [5.74, 6) is 0.867. The van der Waals surface area contributed by atoms with Crippen LogP contribution >= 0.6 is 0 Å². The highest BCUT2D eigenvalue weighted by Crippen LogP contribution is 2.18. The lowest BCUT2D eigenvalue weighted by molar-refractivity contribution is 0.0632. The van der Waals surface area contributed by atoms with E-state index < -0.39 is 0 Å². The minimum atomic E-state index is -0.384. The normalized spacial score (nSPS) is 25.0. The fraction of sp³-hybridized carbons (Fsp3) is 1.00. The molecule has 72 valence electrons. The summed E-state index contributed by atoms with van der Waals surface area (Å²) in [5, 5.41) is 9.16. The molecular weight excluding hydrogens is 152 g/mol. The number of hydrogen-bond acceptors (Lipinski definition) is 3. The van der Waals surface area contributed by atoms with Gasteiger partial charge in [0.15, 0.2) is 0 Å². The molecule has 3 heteroatoms. The van der Waals surface area contributed by atoms with Crippen molar-refractivity contribution < 1.29 is 5.11 Å². The molecule has 0 aliphatic carbocycles. The van der Waals surface area contributed by atoms with Crippen molar-refractivity contribution in [2.24, 2.45) is 11.7 Å². The maximum atomic E-state index is 9.16. The topological polar surface area (TPSA) is 49.5 Å². The van der Waals surface area contributed by atoms with Crippen molar-refractivity contribution in [3.63, 3.8) is 0 Å². The molecule has 1 aliphatic heterocycles. The van der Waals surface area contributed by atoms with Crippen LogP contribution in [0.25, 0.3) is 0 Å². The zero-order valence-corrected chi connectivity index (χ0v) is 8.03. The molecule has 1 heterocycles. The first-order valence-corrected chi connectivity index (χ1v) is 4.79. The van der Waals surface area contributed by atoms with Crippen LogP contribution in [0.5, 0.6) is 0 Å². The standard InChI is InChI=1S/C9H20N2O/c1-3-8-4-11(5-8)6-9(10)7(2)12/h7-9,12H,3-6,10H2,1-2H3. The van der Waals surface area contributed by atoms with Crippen molar-refractivity contribution in [1.82, 2.24) is 4.90 Å². The van der Waals surface area contributed by atoms with Crippen molar-refractivity contribution in [3.8, 4) is 0 Å². The lowest BCUT2D eigenvalue weighted by Crippen LogP contribution is -2.53. The second kappa shape index (κ2) is 4.21. The SMILES string of the molecule is CCC1CN(CC(N)C(C)O)C1. The molecule has 0 bridgehead atoms. The highest BCUT2D eigenvalue weighted by Gasteiger charge is 2.26. The Labute approximate surface area is 74.5 Å². The summed E-state index contributed by atoms with van der Waals surface area (Å²) in [7, 11) is 0. The van der Waals surface area contributed by atoms with Gasteiger partial charge in [0.25, 0.3) is 0 Å². The number of nitrogens with two attached hydrogens (primary N) is 1. The third-order valence-electron chi connectivity index (χ3n) is 2.70. The number of rotatable bonds is 4. The molecule has 1 fully saturated rings. The maximum absolute atomic E-state index is 9.16. The average molecular weight is 172 g/mol. The molecule has 1 saturated heterocycles. The van der Waals surface area contributed by atoms with Crippen LogP contribution in [0.15, 0.2) is 0 Å². The summed E-state index contributed by atoms with van der Waals surface area (Å²) in [6.45, 7) is 7.14. The van der Waals surface area contributed by atoms with Gasteiger partial charge in [0.1, 0.15) is 0 Å². The molecule has 0 saturated carbocycles. The van der Waals surface area contributed by atoms with Crippen LogP contribution in [-0.4, -0.2) is 41.8 Å². The van der Waals surface area contributed by atoms with Crippen LogP contribution in [0.2, 0.25) is 0 Å². The van der Waals surface area contributed by atoms with E-state index in [1.54, 1.807) is 6.92 Å². The highest BCUT2D eigenvalue weighted by molar-refractivity contribution is 4.82. The number of aliphatic hydroxyl groups excluding tert-OH is 1. The van der Waals surface area contributed by atoms with E-state index in [2.05, 4.69) is 11.8 Å². The smallest absolute Gasteiger partial charge is 0.0675 e. The van der Waals surface area contributed by atoms with Crippen LogP contribution < -0.4 is 5.73 Å². The summed E-state index contributed by atoms with van der Waals surface area (Å²) < 4.78 is 0. The van der Waals surface area contributed by atoms with Gasteiger partial charge in [-0.05, 0) is 12.8 Å². The average Bonchev–Trinajstić information content (AvgIpc) is 1.94. The lowest BCUT2D eigenvalue weighted by atomic mass is 9.96. The van der Waals surface area contributed by atoms with Crippen molar-refractivity contribution in [2.45, 2.75) is 32.4 Å². The molecule has 0 radical (unpaired) electrons. The molecule has 0 amide bonds. The van der Waals surface area contributed by atoms with Gasteiger partial charge in [-0.15, -0.1) is 0 Å². The first-order valence-electron chi connectivity index (χ1n) is 4.79. The van der Waals surface area contributed by atoms with Crippen LogP contribution in [0.1, 0.15) is 20.3 Å². The summed E-state index contributed by atoms with van der Waals surface area (Å²) in [6.07, 6.45) is 0.881. The van der Waals surface area contributed by atoms with Gasteiger partial charge in [0, 0.05) is 25.7 Å². The van der Waals surface area contributed by atoms with E-state index in [1.165, 1.54) is 6.42 Å². The molecule has 12 heavy (non-hydrogen) atoms. The van der Waals surface area contributed by atoms with Crippen LogP contribution in [0, 0.1) is 5.92 Å². The zero-order chi connectivity index (χ0) is 9.14. The van der Waals surface area contributed by atoms with Crippen molar-refractivity contribution in [3.05, 3.63) is 0 Å². The Bertz CT molecular complexity index is 132. The predicted molar refractivity (Wildman–Crippen MR) is 49.9 cm³/mol. The van der Waals surface area contributed by atoms with E-state index in [9.17, 15) is 0 Å². The monoisotopic (exact) mass is 172 g/mol. The molecule has 1 rings (SSSR count). The molecule has 2 atom stereocenters. The molecule has 0 aromatic heterocycles. The first kappa shape index (κ1) is 9.96. The number of likely N-dealkylation sites (tertiary alicyclic amines) is 1. The molecule has 0 aromatic rings. The summed E-state index contributed by atoms with van der Waals surface area (Å²) >= 11 is 0. The van der Waals surface area contributed by atoms with E-state index in [0.29, 0.717) is 0 Å². The Morgan fingerprint density at radius 2 is 2.17 bits per heavy atom.